The van der Waals surface area contributed by atoms with Crippen molar-refractivity contribution in [1.82, 2.24) is 4.57 Å². The van der Waals surface area contributed by atoms with Crippen LogP contribution in [0.1, 0.15) is 17.4 Å². The Labute approximate surface area is 104 Å². The molecule has 1 N–H and O–H groups in total. The molecule has 0 amide bonds. The van der Waals surface area contributed by atoms with E-state index in [2.05, 4.69) is 6.58 Å². The summed E-state index contributed by atoms with van der Waals surface area (Å²) < 4.78 is 1.24. The number of nitrogens with zero attached hydrogens (tertiary/aromatic N) is 1. The van der Waals surface area contributed by atoms with Gasteiger partial charge >= 0.3 is 5.97 Å². The van der Waals surface area contributed by atoms with Gasteiger partial charge in [0.15, 0.2) is 0 Å². The Morgan fingerprint density at radius 1 is 1.39 bits per heavy atom. The molecule has 0 unspecified atom stereocenters. The number of pyridine rings is 1. The normalized spacial score (nSPS) is 10.5. The van der Waals surface area contributed by atoms with E-state index in [1.54, 1.807) is 31.2 Å². The van der Waals surface area contributed by atoms with Gasteiger partial charge in [-0.25, -0.2) is 4.79 Å². The average molecular weight is 243 g/mol. The van der Waals surface area contributed by atoms with E-state index in [-0.39, 0.29) is 17.8 Å². The summed E-state index contributed by atoms with van der Waals surface area (Å²) in [5, 5.41) is 10.3. The molecule has 0 aliphatic heterocycles. The molecule has 0 bridgehead atoms. The van der Waals surface area contributed by atoms with Crippen LogP contribution in [0.15, 0.2) is 47.3 Å². The van der Waals surface area contributed by atoms with E-state index in [0.717, 1.165) is 5.57 Å². The maximum absolute atomic E-state index is 12.2. The number of rotatable bonds is 3. The van der Waals surface area contributed by atoms with Gasteiger partial charge in [0.2, 0.25) is 0 Å². The van der Waals surface area contributed by atoms with E-state index in [0.29, 0.717) is 10.8 Å². The number of fused-ring (bicyclic) bond motifs is 1. The number of aromatic nitrogens is 1. The van der Waals surface area contributed by atoms with Crippen LogP contribution in [0.5, 0.6) is 0 Å². The van der Waals surface area contributed by atoms with Gasteiger partial charge in [-0.3, -0.25) is 9.36 Å². The average Bonchev–Trinajstić information content (AvgIpc) is 2.32. The van der Waals surface area contributed by atoms with E-state index in [1.807, 2.05) is 0 Å². The summed E-state index contributed by atoms with van der Waals surface area (Å²) in [4.78, 5) is 23.5. The predicted octanol–water partition coefficient (Wildman–Crippen LogP) is 2.28. The molecule has 0 saturated heterocycles. The van der Waals surface area contributed by atoms with Crippen LogP contribution in [0, 0.1) is 0 Å². The molecule has 0 radical (unpaired) electrons. The van der Waals surface area contributed by atoms with Gasteiger partial charge < -0.3 is 5.11 Å². The van der Waals surface area contributed by atoms with Crippen molar-refractivity contribution in [2.24, 2.45) is 0 Å². The number of hydrogen-bond acceptors (Lipinski definition) is 2. The van der Waals surface area contributed by atoms with Gasteiger partial charge in [0, 0.05) is 11.9 Å². The molecule has 0 saturated carbocycles. The Bertz CT molecular complexity index is 698. The third-order valence-electron chi connectivity index (χ3n) is 2.67. The lowest BCUT2D eigenvalue weighted by Gasteiger charge is -2.11. The highest BCUT2D eigenvalue weighted by molar-refractivity contribution is 5.92. The van der Waals surface area contributed by atoms with E-state index in [1.165, 1.54) is 10.6 Å². The fourth-order valence-corrected chi connectivity index (χ4v) is 1.90. The van der Waals surface area contributed by atoms with Crippen molar-refractivity contribution >= 4 is 16.7 Å². The van der Waals surface area contributed by atoms with Gasteiger partial charge in [-0.1, -0.05) is 30.4 Å². The van der Waals surface area contributed by atoms with Crippen molar-refractivity contribution in [3.05, 3.63) is 58.5 Å². The molecule has 92 valence electrons. The molecular formula is C14H13NO3. The molecule has 2 rings (SSSR count). The Morgan fingerprint density at radius 2 is 2.06 bits per heavy atom. The number of hydrogen-bond donors (Lipinski definition) is 1. The third kappa shape index (κ3) is 2.05. The monoisotopic (exact) mass is 243 g/mol. The molecule has 0 fully saturated rings. The molecule has 4 nitrogen and oxygen atoms in total. The molecule has 1 aromatic carbocycles. The van der Waals surface area contributed by atoms with Gasteiger partial charge in [0.05, 0.1) is 0 Å². The summed E-state index contributed by atoms with van der Waals surface area (Å²) in [7, 11) is 0. The van der Waals surface area contributed by atoms with Crippen molar-refractivity contribution < 1.29 is 9.90 Å². The lowest BCUT2D eigenvalue weighted by molar-refractivity contribution is 0.0684. The second-order valence-corrected chi connectivity index (χ2v) is 4.27. The molecule has 0 aliphatic rings. The Balaban J connectivity index is 2.84. The van der Waals surface area contributed by atoms with Crippen LogP contribution in [0.4, 0.5) is 0 Å². The van der Waals surface area contributed by atoms with Gasteiger partial charge in [0.1, 0.15) is 5.69 Å². The zero-order valence-electron chi connectivity index (χ0n) is 10.0. The lowest BCUT2D eigenvalue weighted by Crippen LogP contribution is -2.26. The molecule has 0 atom stereocenters. The Hall–Kier alpha value is -2.36. The summed E-state index contributed by atoms with van der Waals surface area (Å²) in [5.74, 6) is -1.11. The quantitative estimate of drug-likeness (QED) is 0.841. The molecular weight excluding hydrogens is 230 g/mol. The molecule has 4 heteroatoms. The van der Waals surface area contributed by atoms with E-state index in [4.69, 9.17) is 0 Å². The topological polar surface area (TPSA) is 59.3 Å². The summed E-state index contributed by atoms with van der Waals surface area (Å²) in [6.45, 7) is 5.69. The Morgan fingerprint density at radius 3 is 2.67 bits per heavy atom. The van der Waals surface area contributed by atoms with E-state index < -0.39 is 5.97 Å². The minimum Gasteiger partial charge on any atom is -0.477 e. The summed E-state index contributed by atoms with van der Waals surface area (Å²) in [5.41, 5.74) is 0.421. The lowest BCUT2D eigenvalue weighted by atomic mass is 10.1. The first-order valence-electron chi connectivity index (χ1n) is 5.51. The predicted molar refractivity (Wildman–Crippen MR) is 70.0 cm³/mol. The second kappa shape index (κ2) is 4.49. The summed E-state index contributed by atoms with van der Waals surface area (Å²) in [6.07, 6.45) is 0. The zero-order valence-corrected chi connectivity index (χ0v) is 10.0. The SMILES string of the molecule is C=C(C)Cn1c(C(=O)O)cc2ccccc2c1=O. The number of carbonyl (C=O) groups is 1. The van der Waals surface area contributed by atoms with Gasteiger partial charge in [-0.2, -0.15) is 0 Å². The first kappa shape index (κ1) is 12.1. The minimum atomic E-state index is -1.11. The third-order valence-corrected chi connectivity index (χ3v) is 2.67. The smallest absolute Gasteiger partial charge is 0.352 e. The first-order chi connectivity index (χ1) is 8.50. The first-order valence-corrected chi connectivity index (χ1v) is 5.51. The molecule has 18 heavy (non-hydrogen) atoms. The molecule has 1 aromatic heterocycles. The number of carboxylic acids is 1. The van der Waals surface area contributed by atoms with Crippen molar-refractivity contribution in [3.63, 3.8) is 0 Å². The number of aromatic carboxylic acids is 1. The van der Waals surface area contributed by atoms with Crippen LogP contribution >= 0.6 is 0 Å². The molecule has 1 heterocycles. The van der Waals surface area contributed by atoms with E-state index in [9.17, 15) is 14.7 Å². The van der Waals surface area contributed by atoms with Crippen molar-refractivity contribution in [2.45, 2.75) is 13.5 Å². The summed E-state index contributed by atoms with van der Waals surface area (Å²) >= 11 is 0. The van der Waals surface area contributed by atoms with Crippen molar-refractivity contribution in [3.8, 4) is 0 Å². The maximum Gasteiger partial charge on any atom is 0.352 e. The highest BCUT2D eigenvalue weighted by Gasteiger charge is 2.14. The van der Waals surface area contributed by atoms with Crippen LogP contribution < -0.4 is 5.56 Å². The van der Waals surface area contributed by atoms with Gasteiger partial charge in [-0.05, 0) is 24.4 Å². The van der Waals surface area contributed by atoms with E-state index >= 15 is 0 Å². The largest absolute Gasteiger partial charge is 0.477 e. The second-order valence-electron chi connectivity index (χ2n) is 4.27. The van der Waals surface area contributed by atoms with Crippen LogP contribution in [-0.2, 0) is 6.54 Å². The van der Waals surface area contributed by atoms with Gasteiger partial charge in [0.25, 0.3) is 5.56 Å². The minimum absolute atomic E-state index is 0.0123. The molecule has 2 aromatic rings. The number of carboxylic acid groups (broad SMARTS) is 1. The molecule has 0 aliphatic carbocycles. The van der Waals surface area contributed by atoms with Crippen molar-refractivity contribution in [1.29, 1.82) is 0 Å². The van der Waals surface area contributed by atoms with Gasteiger partial charge in [-0.15, -0.1) is 0 Å². The number of benzene rings is 1. The van der Waals surface area contributed by atoms with Crippen LogP contribution in [0.25, 0.3) is 10.8 Å². The Kier molecular flexibility index (Phi) is 3.02. The molecule has 0 spiro atoms. The highest BCUT2D eigenvalue weighted by Crippen LogP contribution is 2.13. The van der Waals surface area contributed by atoms with Crippen LogP contribution in [-0.4, -0.2) is 15.6 Å². The maximum atomic E-state index is 12.2. The fourth-order valence-electron chi connectivity index (χ4n) is 1.90. The number of allylic oxidation sites excluding steroid dienone is 1. The highest BCUT2D eigenvalue weighted by atomic mass is 16.4. The zero-order chi connectivity index (χ0) is 13.3. The fraction of sp³-hybridized carbons (Fsp3) is 0.143. The van der Waals surface area contributed by atoms with Crippen molar-refractivity contribution in [2.75, 3.05) is 0 Å². The summed E-state index contributed by atoms with van der Waals surface area (Å²) in [6, 6.07) is 8.47. The van der Waals surface area contributed by atoms with Crippen LogP contribution in [0.3, 0.4) is 0 Å². The standard InChI is InChI=1S/C14H13NO3/c1-9(2)8-15-12(14(17)18)7-10-5-3-4-6-11(10)13(15)16/h3-7H,1,8H2,2H3,(H,17,18). The van der Waals surface area contributed by atoms with Crippen LogP contribution in [0.2, 0.25) is 0 Å².